The molecule has 1 N–H and O–H groups in total. The Bertz CT molecular complexity index is 499. The Morgan fingerprint density at radius 2 is 2.00 bits per heavy atom. The van der Waals surface area contributed by atoms with Gasteiger partial charge in [-0.25, -0.2) is 4.79 Å². The van der Waals surface area contributed by atoms with E-state index in [1.807, 2.05) is 6.92 Å². The predicted molar refractivity (Wildman–Crippen MR) is 76.6 cm³/mol. The molecule has 0 heterocycles. The Hall–Kier alpha value is -1.69. The van der Waals surface area contributed by atoms with Crippen molar-refractivity contribution in [2.75, 3.05) is 19.0 Å². The fourth-order valence-electron chi connectivity index (χ4n) is 1.57. The van der Waals surface area contributed by atoms with Crippen LogP contribution in [0, 0.1) is 0 Å². The molecule has 0 radical (unpaired) electrons. The standard InChI is InChI=1S/C14H18O5S/c1-4-18-12(16)8-19-11-7-6-10(9(3)15)13(17)14(11)20-5-2/h6-7,17H,4-5,8H2,1-3H3. The highest BCUT2D eigenvalue weighted by Gasteiger charge is 2.17. The van der Waals surface area contributed by atoms with Crippen molar-refractivity contribution in [3.63, 3.8) is 0 Å². The van der Waals surface area contributed by atoms with E-state index >= 15 is 0 Å². The number of aromatic hydroxyl groups is 1. The van der Waals surface area contributed by atoms with Gasteiger partial charge in [0.05, 0.1) is 17.1 Å². The molecule has 0 atom stereocenters. The monoisotopic (exact) mass is 298 g/mol. The van der Waals surface area contributed by atoms with Crippen LogP contribution in [0.4, 0.5) is 0 Å². The summed E-state index contributed by atoms with van der Waals surface area (Å²) in [6, 6.07) is 3.06. The van der Waals surface area contributed by atoms with Crippen molar-refractivity contribution in [1.82, 2.24) is 0 Å². The lowest BCUT2D eigenvalue weighted by molar-refractivity contribution is -0.145. The van der Waals surface area contributed by atoms with E-state index in [9.17, 15) is 14.7 Å². The molecule has 0 saturated carbocycles. The van der Waals surface area contributed by atoms with Gasteiger partial charge in [-0.2, -0.15) is 0 Å². The van der Waals surface area contributed by atoms with E-state index in [0.717, 1.165) is 0 Å². The van der Waals surface area contributed by atoms with Crippen molar-refractivity contribution in [2.24, 2.45) is 0 Å². The van der Waals surface area contributed by atoms with Gasteiger partial charge in [0.1, 0.15) is 11.5 Å². The number of hydrogen-bond acceptors (Lipinski definition) is 6. The molecule has 5 nitrogen and oxygen atoms in total. The summed E-state index contributed by atoms with van der Waals surface area (Å²) < 4.78 is 10.1. The van der Waals surface area contributed by atoms with Gasteiger partial charge in [0.15, 0.2) is 12.4 Å². The molecule has 1 aromatic rings. The van der Waals surface area contributed by atoms with Crippen molar-refractivity contribution >= 4 is 23.5 Å². The molecule has 0 unspecified atom stereocenters. The normalized spacial score (nSPS) is 10.2. The third-order valence-corrected chi connectivity index (χ3v) is 3.39. The Kier molecular flexibility index (Phi) is 6.38. The molecule has 0 aromatic heterocycles. The average Bonchev–Trinajstić information content (AvgIpc) is 2.39. The third-order valence-electron chi connectivity index (χ3n) is 2.41. The van der Waals surface area contributed by atoms with Gasteiger partial charge in [0.25, 0.3) is 0 Å². The van der Waals surface area contributed by atoms with Crippen LogP contribution in [0.5, 0.6) is 11.5 Å². The van der Waals surface area contributed by atoms with E-state index in [1.54, 1.807) is 13.0 Å². The molecule has 0 aliphatic heterocycles. The van der Waals surface area contributed by atoms with Crippen molar-refractivity contribution in [3.8, 4) is 11.5 Å². The van der Waals surface area contributed by atoms with Crippen molar-refractivity contribution in [3.05, 3.63) is 17.7 Å². The number of Topliss-reactive ketones (excluding diaryl/α,β-unsaturated/α-hetero) is 1. The number of carbonyl (C=O) groups is 2. The van der Waals surface area contributed by atoms with Gasteiger partial charge < -0.3 is 14.6 Å². The van der Waals surface area contributed by atoms with E-state index in [0.29, 0.717) is 16.4 Å². The Labute approximate surface area is 122 Å². The first kappa shape index (κ1) is 16.4. The van der Waals surface area contributed by atoms with Gasteiger partial charge >= 0.3 is 5.97 Å². The third kappa shape index (κ3) is 4.16. The van der Waals surface area contributed by atoms with Gasteiger partial charge in [0, 0.05) is 0 Å². The second-order valence-corrected chi connectivity index (χ2v) is 5.15. The lowest BCUT2D eigenvalue weighted by Crippen LogP contribution is -2.15. The molecule has 1 rings (SSSR count). The van der Waals surface area contributed by atoms with Crippen molar-refractivity contribution < 1.29 is 24.2 Å². The number of benzene rings is 1. The summed E-state index contributed by atoms with van der Waals surface area (Å²) in [6.45, 7) is 5.06. The predicted octanol–water partition coefficient (Wildman–Crippen LogP) is 2.65. The van der Waals surface area contributed by atoms with Crippen LogP contribution in [0.1, 0.15) is 31.1 Å². The van der Waals surface area contributed by atoms with Crippen LogP contribution in [-0.2, 0) is 9.53 Å². The molecule has 6 heteroatoms. The molecule has 1 aromatic carbocycles. The molecule has 20 heavy (non-hydrogen) atoms. The highest BCUT2D eigenvalue weighted by Crippen LogP contribution is 2.39. The maximum Gasteiger partial charge on any atom is 0.344 e. The molecule has 0 spiro atoms. The molecule has 0 aliphatic carbocycles. The van der Waals surface area contributed by atoms with Crippen LogP contribution in [0.2, 0.25) is 0 Å². The van der Waals surface area contributed by atoms with E-state index in [1.165, 1.54) is 24.8 Å². The molecular weight excluding hydrogens is 280 g/mol. The minimum absolute atomic E-state index is 0.106. The zero-order valence-electron chi connectivity index (χ0n) is 11.8. The van der Waals surface area contributed by atoms with Gasteiger partial charge in [-0.3, -0.25) is 4.79 Å². The Balaban J connectivity index is 2.98. The zero-order valence-corrected chi connectivity index (χ0v) is 12.6. The fourth-order valence-corrected chi connectivity index (χ4v) is 2.38. The summed E-state index contributed by atoms with van der Waals surface area (Å²) in [7, 11) is 0. The van der Waals surface area contributed by atoms with Gasteiger partial charge in [-0.1, -0.05) is 6.92 Å². The number of ether oxygens (including phenoxy) is 2. The molecule has 0 fully saturated rings. The van der Waals surface area contributed by atoms with Gasteiger partial charge in [-0.15, -0.1) is 11.8 Å². The van der Waals surface area contributed by atoms with Crippen molar-refractivity contribution in [1.29, 1.82) is 0 Å². The molecular formula is C14H18O5S. The Morgan fingerprint density at radius 3 is 2.55 bits per heavy atom. The number of rotatable bonds is 7. The topological polar surface area (TPSA) is 72.8 Å². The number of thioether (sulfide) groups is 1. The van der Waals surface area contributed by atoms with Gasteiger partial charge in [-0.05, 0) is 31.7 Å². The van der Waals surface area contributed by atoms with E-state index in [2.05, 4.69) is 0 Å². The fraction of sp³-hybridized carbons (Fsp3) is 0.429. The zero-order chi connectivity index (χ0) is 15.1. The molecule has 0 bridgehead atoms. The van der Waals surface area contributed by atoms with Crippen LogP contribution in [0.15, 0.2) is 17.0 Å². The smallest absolute Gasteiger partial charge is 0.344 e. The van der Waals surface area contributed by atoms with Crippen LogP contribution in [0.25, 0.3) is 0 Å². The summed E-state index contributed by atoms with van der Waals surface area (Å²) in [5.74, 6) is 0.260. The second kappa shape index (κ2) is 7.79. The second-order valence-electron chi connectivity index (χ2n) is 3.87. The molecule has 0 amide bonds. The summed E-state index contributed by atoms with van der Waals surface area (Å²) in [6.07, 6.45) is 0. The minimum Gasteiger partial charge on any atom is -0.506 e. The summed E-state index contributed by atoms with van der Waals surface area (Å²) >= 11 is 1.35. The highest BCUT2D eigenvalue weighted by molar-refractivity contribution is 7.99. The molecule has 110 valence electrons. The molecule has 0 aliphatic rings. The number of carbonyl (C=O) groups excluding carboxylic acids is 2. The Morgan fingerprint density at radius 1 is 1.30 bits per heavy atom. The number of hydrogen-bond donors (Lipinski definition) is 1. The first-order valence-electron chi connectivity index (χ1n) is 6.29. The van der Waals surface area contributed by atoms with Crippen LogP contribution in [0.3, 0.4) is 0 Å². The van der Waals surface area contributed by atoms with Crippen LogP contribution in [-0.4, -0.2) is 35.8 Å². The summed E-state index contributed by atoms with van der Waals surface area (Å²) in [5.41, 5.74) is 0.240. The van der Waals surface area contributed by atoms with Crippen LogP contribution >= 0.6 is 11.8 Å². The van der Waals surface area contributed by atoms with Gasteiger partial charge in [0.2, 0.25) is 0 Å². The SMILES string of the molecule is CCOC(=O)COc1ccc(C(C)=O)c(O)c1SCC. The largest absolute Gasteiger partial charge is 0.506 e. The number of phenolic OH excluding ortho intramolecular Hbond substituents is 1. The molecule has 0 saturated heterocycles. The minimum atomic E-state index is -0.477. The summed E-state index contributed by atoms with van der Waals surface area (Å²) in [4.78, 5) is 23.1. The first-order chi connectivity index (χ1) is 9.51. The van der Waals surface area contributed by atoms with E-state index in [4.69, 9.17) is 9.47 Å². The average molecular weight is 298 g/mol. The quantitative estimate of drug-likeness (QED) is 0.474. The van der Waals surface area contributed by atoms with Crippen molar-refractivity contribution in [2.45, 2.75) is 25.7 Å². The summed E-state index contributed by atoms with van der Waals surface area (Å²) in [5, 5.41) is 10.1. The number of phenols is 1. The maximum absolute atomic E-state index is 11.4. The highest BCUT2D eigenvalue weighted by atomic mass is 32.2. The number of esters is 1. The van der Waals surface area contributed by atoms with E-state index < -0.39 is 5.97 Å². The van der Waals surface area contributed by atoms with Crippen LogP contribution < -0.4 is 4.74 Å². The first-order valence-corrected chi connectivity index (χ1v) is 7.27. The number of ketones is 1. The van der Waals surface area contributed by atoms with E-state index in [-0.39, 0.29) is 30.3 Å². The lowest BCUT2D eigenvalue weighted by atomic mass is 10.1. The maximum atomic E-state index is 11.4. The lowest BCUT2D eigenvalue weighted by Gasteiger charge is -2.13.